The summed E-state index contributed by atoms with van der Waals surface area (Å²) < 4.78 is 0.856. The summed E-state index contributed by atoms with van der Waals surface area (Å²) in [6.07, 6.45) is 3.70. The number of aromatic nitrogens is 2. The van der Waals surface area contributed by atoms with Crippen LogP contribution in [0.25, 0.3) is 11.0 Å². The average molecular weight is 371 g/mol. The number of halogens is 3. The fourth-order valence-electron chi connectivity index (χ4n) is 2.05. The molecule has 0 aliphatic carbocycles. The van der Waals surface area contributed by atoms with Crippen molar-refractivity contribution in [2.75, 3.05) is 5.32 Å². The van der Waals surface area contributed by atoms with Crippen LogP contribution in [0.2, 0.25) is 10.0 Å². The van der Waals surface area contributed by atoms with E-state index in [1.165, 1.54) is 0 Å². The number of benzene rings is 1. The summed E-state index contributed by atoms with van der Waals surface area (Å²) >= 11 is 15.8. The van der Waals surface area contributed by atoms with Gasteiger partial charge in [-0.2, -0.15) is 0 Å². The van der Waals surface area contributed by atoms with E-state index in [1.54, 1.807) is 6.20 Å². The molecule has 2 N–H and O–H groups in total. The monoisotopic (exact) mass is 369 g/mol. The van der Waals surface area contributed by atoms with Gasteiger partial charge in [0.05, 0.1) is 15.7 Å². The lowest BCUT2D eigenvalue weighted by molar-refractivity contribution is 1.16. The highest BCUT2D eigenvalue weighted by Gasteiger charge is 2.09. The molecule has 0 bridgehead atoms. The van der Waals surface area contributed by atoms with Crippen molar-refractivity contribution in [2.24, 2.45) is 0 Å². The van der Waals surface area contributed by atoms with Crippen molar-refractivity contribution in [2.45, 2.75) is 6.54 Å². The van der Waals surface area contributed by atoms with Gasteiger partial charge in [0.15, 0.2) is 0 Å². The first-order valence-electron chi connectivity index (χ1n) is 5.94. The number of nitrogens with one attached hydrogen (secondary N) is 2. The molecule has 3 nitrogen and oxygen atoms in total. The SMILES string of the molecule is Clc1cc(Br)cc(Cl)c1NCc1c[nH]c2ncccc12. The Morgan fingerprint density at radius 1 is 1.25 bits per heavy atom. The summed E-state index contributed by atoms with van der Waals surface area (Å²) in [4.78, 5) is 7.40. The van der Waals surface area contributed by atoms with Gasteiger partial charge in [-0.1, -0.05) is 39.1 Å². The molecule has 102 valence electrons. The van der Waals surface area contributed by atoms with Gasteiger partial charge in [-0.25, -0.2) is 4.98 Å². The average Bonchev–Trinajstić information content (AvgIpc) is 2.81. The second kappa shape index (κ2) is 5.64. The molecule has 0 saturated heterocycles. The Morgan fingerprint density at radius 2 is 2.00 bits per heavy atom. The molecular formula is C14H10BrCl2N3. The Balaban J connectivity index is 1.87. The van der Waals surface area contributed by atoms with E-state index in [-0.39, 0.29) is 0 Å². The van der Waals surface area contributed by atoms with E-state index in [0.29, 0.717) is 16.6 Å². The lowest BCUT2D eigenvalue weighted by atomic mass is 10.2. The van der Waals surface area contributed by atoms with Crippen molar-refractivity contribution in [3.8, 4) is 0 Å². The zero-order valence-corrected chi connectivity index (χ0v) is 13.4. The first kappa shape index (κ1) is 13.7. The normalized spacial score (nSPS) is 10.9. The molecular weight excluding hydrogens is 361 g/mol. The molecule has 1 aromatic carbocycles. The van der Waals surface area contributed by atoms with Gasteiger partial charge in [0.2, 0.25) is 0 Å². The van der Waals surface area contributed by atoms with Crippen molar-refractivity contribution in [1.29, 1.82) is 0 Å². The van der Waals surface area contributed by atoms with E-state index in [4.69, 9.17) is 23.2 Å². The number of H-pyrrole nitrogens is 1. The van der Waals surface area contributed by atoms with Gasteiger partial charge in [0.1, 0.15) is 5.65 Å². The lowest BCUT2D eigenvalue weighted by Gasteiger charge is -2.10. The minimum Gasteiger partial charge on any atom is -0.378 e. The lowest BCUT2D eigenvalue weighted by Crippen LogP contribution is -2.00. The van der Waals surface area contributed by atoms with Crippen LogP contribution in [0.4, 0.5) is 5.69 Å². The molecule has 0 aliphatic heterocycles. The number of fused-ring (bicyclic) bond motifs is 1. The maximum Gasteiger partial charge on any atom is 0.137 e. The summed E-state index contributed by atoms with van der Waals surface area (Å²) in [5.74, 6) is 0. The maximum absolute atomic E-state index is 6.20. The highest BCUT2D eigenvalue weighted by atomic mass is 79.9. The van der Waals surface area contributed by atoms with E-state index in [2.05, 4.69) is 31.2 Å². The number of nitrogens with zero attached hydrogens (tertiary/aromatic N) is 1. The third-order valence-corrected chi connectivity index (χ3v) is 4.05. The first-order chi connectivity index (χ1) is 9.65. The van der Waals surface area contributed by atoms with E-state index in [9.17, 15) is 0 Å². The van der Waals surface area contributed by atoms with Crippen LogP contribution < -0.4 is 5.32 Å². The van der Waals surface area contributed by atoms with Gasteiger partial charge < -0.3 is 10.3 Å². The first-order valence-corrected chi connectivity index (χ1v) is 7.49. The Labute approximate surface area is 134 Å². The number of pyridine rings is 1. The second-order valence-electron chi connectivity index (χ2n) is 4.31. The molecule has 20 heavy (non-hydrogen) atoms. The minimum atomic E-state index is 0.586. The third kappa shape index (κ3) is 2.64. The summed E-state index contributed by atoms with van der Waals surface area (Å²) in [5, 5.41) is 5.53. The summed E-state index contributed by atoms with van der Waals surface area (Å²) in [6.45, 7) is 0.618. The smallest absolute Gasteiger partial charge is 0.137 e. The van der Waals surface area contributed by atoms with Gasteiger partial charge in [0, 0.05) is 28.8 Å². The van der Waals surface area contributed by atoms with E-state index < -0.39 is 0 Å². The van der Waals surface area contributed by atoms with E-state index in [1.807, 2.05) is 30.5 Å². The number of hydrogen-bond acceptors (Lipinski definition) is 2. The van der Waals surface area contributed by atoms with Crippen molar-refractivity contribution in [3.63, 3.8) is 0 Å². The largest absolute Gasteiger partial charge is 0.378 e. The molecule has 2 aromatic heterocycles. The molecule has 0 fully saturated rings. The van der Waals surface area contributed by atoms with E-state index in [0.717, 1.165) is 26.8 Å². The van der Waals surface area contributed by atoms with Gasteiger partial charge in [-0.05, 0) is 29.8 Å². The molecule has 0 amide bonds. The molecule has 0 atom stereocenters. The predicted octanol–water partition coefficient (Wildman–Crippen LogP) is 5.24. The molecule has 3 rings (SSSR count). The third-order valence-electron chi connectivity index (χ3n) is 3.00. The van der Waals surface area contributed by atoms with Gasteiger partial charge in [-0.15, -0.1) is 0 Å². The molecule has 0 spiro atoms. The van der Waals surface area contributed by atoms with Crippen LogP contribution >= 0.6 is 39.1 Å². The fourth-order valence-corrected chi connectivity index (χ4v) is 3.40. The Bertz CT molecular complexity index is 747. The molecule has 0 saturated carbocycles. The Hall–Kier alpha value is -1.23. The topological polar surface area (TPSA) is 40.7 Å². The number of hydrogen-bond donors (Lipinski definition) is 2. The zero-order valence-electron chi connectivity index (χ0n) is 10.3. The fraction of sp³-hybridized carbons (Fsp3) is 0.0714. The molecule has 0 unspecified atom stereocenters. The number of aromatic amines is 1. The van der Waals surface area contributed by atoms with Crippen molar-refractivity contribution in [3.05, 3.63) is 56.7 Å². The summed E-state index contributed by atoms with van der Waals surface area (Å²) in [6, 6.07) is 7.57. The highest BCUT2D eigenvalue weighted by molar-refractivity contribution is 9.10. The second-order valence-corrected chi connectivity index (χ2v) is 6.04. The molecule has 3 aromatic rings. The van der Waals surface area contributed by atoms with Crippen LogP contribution in [-0.2, 0) is 6.54 Å². The van der Waals surface area contributed by atoms with E-state index >= 15 is 0 Å². The molecule has 0 aliphatic rings. The van der Waals surface area contributed by atoms with Crippen LogP contribution in [0, 0.1) is 0 Å². The molecule has 2 heterocycles. The van der Waals surface area contributed by atoms with Gasteiger partial charge >= 0.3 is 0 Å². The molecule has 0 radical (unpaired) electrons. The summed E-state index contributed by atoms with van der Waals surface area (Å²) in [5.41, 5.74) is 2.72. The Kier molecular flexibility index (Phi) is 3.87. The zero-order chi connectivity index (χ0) is 14.1. The highest BCUT2D eigenvalue weighted by Crippen LogP contribution is 2.34. The predicted molar refractivity (Wildman–Crippen MR) is 87.6 cm³/mol. The van der Waals surface area contributed by atoms with Crippen molar-refractivity contribution < 1.29 is 0 Å². The van der Waals surface area contributed by atoms with Crippen LogP contribution in [0.15, 0.2) is 41.1 Å². The van der Waals surface area contributed by atoms with Crippen LogP contribution in [0.3, 0.4) is 0 Å². The minimum absolute atomic E-state index is 0.586. The van der Waals surface area contributed by atoms with Gasteiger partial charge in [0.25, 0.3) is 0 Å². The Morgan fingerprint density at radius 3 is 2.75 bits per heavy atom. The summed E-state index contributed by atoms with van der Waals surface area (Å²) in [7, 11) is 0. The quantitative estimate of drug-likeness (QED) is 0.661. The van der Waals surface area contributed by atoms with Crippen molar-refractivity contribution in [1.82, 2.24) is 9.97 Å². The van der Waals surface area contributed by atoms with Crippen LogP contribution in [-0.4, -0.2) is 9.97 Å². The maximum atomic E-state index is 6.20. The van der Waals surface area contributed by atoms with Gasteiger partial charge in [-0.3, -0.25) is 0 Å². The van der Waals surface area contributed by atoms with Crippen LogP contribution in [0.5, 0.6) is 0 Å². The van der Waals surface area contributed by atoms with Crippen LogP contribution in [0.1, 0.15) is 5.56 Å². The standard InChI is InChI=1S/C14H10BrCl2N3/c15-9-4-11(16)13(12(17)5-9)19-6-8-7-20-14-10(8)2-1-3-18-14/h1-5,7,19H,6H2,(H,18,20). The molecule has 6 heteroatoms. The van der Waals surface area contributed by atoms with Crippen molar-refractivity contribution >= 4 is 55.9 Å². The number of rotatable bonds is 3. The number of anilines is 1.